The molecule has 3 aromatic heterocycles. The average molecular weight is 896 g/mol. The highest BCUT2D eigenvalue weighted by Gasteiger charge is 2.41. The molecule has 5 aliphatic rings. The van der Waals surface area contributed by atoms with Crippen LogP contribution in [0.2, 0.25) is 0 Å². The normalized spacial score (nSPS) is 18.6. The van der Waals surface area contributed by atoms with Crippen molar-refractivity contribution in [2.24, 2.45) is 0 Å². The molecule has 5 aliphatic heterocycles. The molecule has 15 nitrogen and oxygen atoms in total. The van der Waals surface area contributed by atoms with Crippen LogP contribution in [0.3, 0.4) is 0 Å². The van der Waals surface area contributed by atoms with Gasteiger partial charge in [0.15, 0.2) is 5.82 Å². The first-order chi connectivity index (χ1) is 32.0. The SMILES string of the molecule is CC(=O)N1CCc2c(c(N3CCCc4cc(-c5cn(CC(=O)NCc6ccc7c8c(cccc68)C(=O)N7C6CCC(=O)NC6=O)c6ccncc56)c(C(F)F)cc43)nn2C2CCOCC2)C1. The Labute approximate surface area is 377 Å². The maximum absolute atomic E-state index is 15.5. The molecule has 0 aliphatic carbocycles. The number of carbonyl (C=O) groups excluding carboxylic acids is 5. The van der Waals surface area contributed by atoms with Crippen LogP contribution in [0.5, 0.6) is 0 Å². The van der Waals surface area contributed by atoms with Gasteiger partial charge < -0.3 is 24.4 Å². The quantitative estimate of drug-likeness (QED) is 0.156. The van der Waals surface area contributed by atoms with Crippen LogP contribution in [-0.2, 0) is 56.4 Å². The molecule has 66 heavy (non-hydrogen) atoms. The number of nitrogens with one attached hydrogen (secondary N) is 2. The van der Waals surface area contributed by atoms with Crippen molar-refractivity contribution >= 4 is 68.4 Å². The third-order valence-electron chi connectivity index (χ3n) is 14.0. The maximum Gasteiger partial charge on any atom is 0.264 e. The Bertz CT molecular complexity index is 3030. The van der Waals surface area contributed by atoms with Crippen molar-refractivity contribution in [3.63, 3.8) is 0 Å². The van der Waals surface area contributed by atoms with Crippen LogP contribution in [0.15, 0.2) is 67.1 Å². The molecule has 6 aromatic rings. The molecule has 1 atom stereocenters. The molecule has 0 saturated carbocycles. The lowest BCUT2D eigenvalue weighted by Gasteiger charge is -2.33. The summed E-state index contributed by atoms with van der Waals surface area (Å²) >= 11 is 0. The van der Waals surface area contributed by atoms with E-state index in [1.807, 2.05) is 23.1 Å². The number of anilines is 3. The number of fused-ring (bicyclic) bond motifs is 3. The van der Waals surface area contributed by atoms with Crippen LogP contribution in [0.4, 0.5) is 26.0 Å². The van der Waals surface area contributed by atoms with E-state index in [0.29, 0.717) is 95.9 Å². The smallest absolute Gasteiger partial charge is 0.264 e. The van der Waals surface area contributed by atoms with Crippen molar-refractivity contribution in [3.05, 3.63) is 101 Å². The lowest BCUT2D eigenvalue weighted by molar-refractivity contribution is -0.134. The summed E-state index contributed by atoms with van der Waals surface area (Å²) in [6.45, 7) is 4.48. The van der Waals surface area contributed by atoms with Crippen LogP contribution in [-0.4, -0.2) is 86.1 Å². The summed E-state index contributed by atoms with van der Waals surface area (Å²) in [5.74, 6) is -0.817. The highest BCUT2D eigenvalue weighted by Crippen LogP contribution is 2.46. The predicted octanol–water partition coefficient (Wildman–Crippen LogP) is 6.41. The zero-order valence-electron chi connectivity index (χ0n) is 36.3. The number of aromatic nitrogens is 4. The fourth-order valence-corrected chi connectivity index (χ4v) is 10.8. The zero-order chi connectivity index (χ0) is 45.4. The minimum absolute atomic E-state index is 0.0160. The van der Waals surface area contributed by atoms with Gasteiger partial charge in [0.05, 0.1) is 23.8 Å². The lowest BCUT2D eigenvalue weighted by Crippen LogP contribution is -2.53. The second-order valence-electron chi connectivity index (χ2n) is 17.8. The van der Waals surface area contributed by atoms with E-state index in [1.165, 1.54) is 4.90 Å². The van der Waals surface area contributed by atoms with E-state index >= 15 is 8.78 Å². The van der Waals surface area contributed by atoms with Crippen LogP contribution in [0.1, 0.15) is 89.8 Å². The minimum Gasteiger partial charge on any atom is -0.381 e. The van der Waals surface area contributed by atoms with Gasteiger partial charge in [0.2, 0.25) is 23.6 Å². The molecule has 0 radical (unpaired) electrons. The van der Waals surface area contributed by atoms with E-state index in [9.17, 15) is 24.0 Å². The van der Waals surface area contributed by atoms with Gasteiger partial charge in [-0.05, 0) is 84.5 Å². The molecule has 338 valence electrons. The fraction of sp³-hybridized carbons (Fsp3) is 0.367. The van der Waals surface area contributed by atoms with Gasteiger partial charge in [-0.2, -0.15) is 5.10 Å². The number of ether oxygens (including phenoxy) is 1. The number of rotatable bonds is 9. The van der Waals surface area contributed by atoms with E-state index in [0.717, 1.165) is 47.0 Å². The maximum atomic E-state index is 15.5. The number of nitrogens with zero attached hydrogens (tertiary/aromatic N) is 7. The molecule has 0 spiro atoms. The van der Waals surface area contributed by atoms with E-state index in [1.54, 1.807) is 60.4 Å². The van der Waals surface area contributed by atoms with Gasteiger partial charge in [0.1, 0.15) is 12.6 Å². The number of pyridine rings is 1. The first-order valence-electron chi connectivity index (χ1n) is 22.6. The Morgan fingerprint density at radius 2 is 1.79 bits per heavy atom. The summed E-state index contributed by atoms with van der Waals surface area (Å²) in [5.41, 5.74) is 6.86. The van der Waals surface area contributed by atoms with Crippen molar-refractivity contribution < 1.29 is 37.5 Å². The molecule has 1 unspecified atom stereocenters. The molecule has 2 N–H and O–H groups in total. The average Bonchev–Trinajstić information content (AvgIpc) is 3.98. The highest BCUT2D eigenvalue weighted by molar-refractivity contribution is 6.27. The van der Waals surface area contributed by atoms with Gasteiger partial charge in [-0.15, -0.1) is 0 Å². The van der Waals surface area contributed by atoms with Gasteiger partial charge in [-0.25, -0.2) is 8.78 Å². The Hall–Kier alpha value is -7.01. The summed E-state index contributed by atoms with van der Waals surface area (Å²) in [6, 6.07) is 13.5. The van der Waals surface area contributed by atoms with E-state index in [-0.39, 0.29) is 61.2 Å². The second kappa shape index (κ2) is 16.5. The first kappa shape index (κ1) is 41.7. The molecule has 17 heteroatoms. The number of carbonyl (C=O) groups is 5. The molecular weight excluding hydrogens is 849 g/mol. The third kappa shape index (κ3) is 6.98. The van der Waals surface area contributed by atoms with Crippen LogP contribution in [0.25, 0.3) is 32.8 Å². The van der Waals surface area contributed by atoms with Gasteiger partial charge in [-0.3, -0.25) is 43.9 Å². The molecule has 0 bridgehead atoms. The number of amides is 5. The number of hydrogen-bond donors (Lipinski definition) is 2. The van der Waals surface area contributed by atoms with E-state index in [2.05, 4.69) is 25.2 Å². The summed E-state index contributed by atoms with van der Waals surface area (Å²) < 4.78 is 40.4. The number of alkyl halides is 2. The van der Waals surface area contributed by atoms with Crippen molar-refractivity contribution in [2.75, 3.05) is 36.1 Å². The van der Waals surface area contributed by atoms with E-state index < -0.39 is 18.4 Å². The first-order valence-corrected chi connectivity index (χ1v) is 22.6. The fourth-order valence-electron chi connectivity index (χ4n) is 10.8. The number of halogens is 2. The standard InChI is InChI=1S/C49H47F2N9O6/c1-27(61)56-17-12-39-37(25-56)47(55-60(39)30-13-18-66-19-14-30)58-16-3-4-28-20-33(34(46(50)51)21-42(28)58)36-24-57(38-11-15-52-23-35(36)38)26-44(63)53-22-29-7-8-40-45-31(29)5-2-6-32(45)49(65)59(40)41-9-10-43(62)54-48(41)64/h2,5-8,11,15,20-21,23-24,30,41,46H,3-4,9-10,12-14,16-19,22,25-26H2,1H3,(H,53,63)(H,54,62,64). The number of piperidine rings is 1. The molecule has 11 rings (SSSR count). The number of aryl methyl sites for hydroxylation is 1. The van der Waals surface area contributed by atoms with Crippen molar-refractivity contribution in [2.45, 2.75) is 90.0 Å². The van der Waals surface area contributed by atoms with Gasteiger partial charge in [0.25, 0.3) is 12.3 Å². The van der Waals surface area contributed by atoms with Crippen molar-refractivity contribution in [3.8, 4) is 11.1 Å². The molecule has 3 aromatic carbocycles. The number of hydrogen-bond acceptors (Lipinski definition) is 9. The second-order valence-corrected chi connectivity index (χ2v) is 17.8. The summed E-state index contributed by atoms with van der Waals surface area (Å²) in [4.78, 5) is 74.4. The number of imide groups is 1. The Morgan fingerprint density at radius 3 is 2.59 bits per heavy atom. The summed E-state index contributed by atoms with van der Waals surface area (Å²) in [6.07, 6.45) is 6.29. The molecule has 2 fully saturated rings. The topological polar surface area (TPSA) is 164 Å². The monoisotopic (exact) mass is 895 g/mol. The lowest BCUT2D eigenvalue weighted by atomic mass is 9.91. The van der Waals surface area contributed by atoms with Crippen molar-refractivity contribution in [1.82, 2.24) is 34.9 Å². The van der Waals surface area contributed by atoms with Crippen LogP contribution < -0.4 is 20.4 Å². The largest absolute Gasteiger partial charge is 0.381 e. The van der Waals surface area contributed by atoms with Crippen LogP contribution >= 0.6 is 0 Å². The number of benzene rings is 3. The van der Waals surface area contributed by atoms with Crippen molar-refractivity contribution in [1.29, 1.82) is 0 Å². The molecule has 5 amide bonds. The predicted molar refractivity (Wildman–Crippen MR) is 240 cm³/mol. The Kier molecular flexibility index (Phi) is 10.4. The van der Waals surface area contributed by atoms with E-state index in [4.69, 9.17) is 9.84 Å². The third-order valence-corrected chi connectivity index (χ3v) is 14.0. The van der Waals surface area contributed by atoms with Gasteiger partial charge >= 0.3 is 0 Å². The Morgan fingerprint density at radius 1 is 0.939 bits per heavy atom. The zero-order valence-corrected chi connectivity index (χ0v) is 36.3. The molecular formula is C49H47F2N9O6. The van der Waals surface area contributed by atoms with Crippen LogP contribution in [0, 0.1) is 0 Å². The van der Waals surface area contributed by atoms with Gasteiger partial charge in [-0.1, -0.05) is 18.2 Å². The highest BCUT2D eigenvalue weighted by atomic mass is 19.3. The molecule has 8 heterocycles. The van der Waals surface area contributed by atoms with Gasteiger partial charge in [0, 0.05) is 116 Å². The molecule has 2 saturated heterocycles. The summed E-state index contributed by atoms with van der Waals surface area (Å²) in [7, 11) is 0. The minimum atomic E-state index is -2.82. The summed E-state index contributed by atoms with van der Waals surface area (Å²) in [5, 5.41) is 12.6. The Balaban J connectivity index is 0.886.